The maximum Gasteiger partial charge on any atom is 0.257 e. The second kappa shape index (κ2) is 9.31. The van der Waals surface area contributed by atoms with Crippen LogP contribution in [-0.2, 0) is 11.3 Å². The molecule has 0 radical (unpaired) electrons. The molecule has 3 aromatic heterocycles. The van der Waals surface area contributed by atoms with Crippen LogP contribution in [0.25, 0.3) is 22.5 Å². The van der Waals surface area contributed by atoms with E-state index in [0.717, 1.165) is 67.5 Å². The minimum Gasteiger partial charge on any atom is -0.382 e. The van der Waals surface area contributed by atoms with Gasteiger partial charge in [-0.3, -0.25) is 4.57 Å². The van der Waals surface area contributed by atoms with Crippen molar-refractivity contribution in [3.05, 3.63) is 53.3 Å². The zero-order valence-electron chi connectivity index (χ0n) is 19.5. The number of pyridine rings is 1. The zero-order chi connectivity index (χ0) is 22.8. The summed E-state index contributed by atoms with van der Waals surface area (Å²) in [5, 5.41) is 14.2. The van der Waals surface area contributed by atoms with Gasteiger partial charge >= 0.3 is 0 Å². The molecule has 4 aromatic rings. The van der Waals surface area contributed by atoms with E-state index in [1.807, 2.05) is 19.9 Å². The van der Waals surface area contributed by atoms with Gasteiger partial charge in [0.15, 0.2) is 5.82 Å². The molecule has 1 atom stereocenters. The fraction of sp³-hybridized carbons (Fsp3) is 0.440. The first-order valence-corrected chi connectivity index (χ1v) is 11.7. The van der Waals surface area contributed by atoms with Gasteiger partial charge in [0.1, 0.15) is 0 Å². The summed E-state index contributed by atoms with van der Waals surface area (Å²) < 4.78 is 13.1. The standard InChI is InChI=1S/C25H30N6O2/c1-4-32-13-5-11-31-23(21-14-22-18(3)29-33-24(22)26-15-21)27-28-25(31)30-12-10-20(16-30)19-8-6-17(2)7-9-19/h6-9,14-15,20H,4-5,10-13,16H2,1-3H3. The highest BCUT2D eigenvalue weighted by Gasteiger charge is 2.28. The quantitative estimate of drug-likeness (QED) is 0.368. The summed E-state index contributed by atoms with van der Waals surface area (Å²) in [4.78, 5) is 6.81. The Kier molecular flexibility index (Phi) is 6.09. The van der Waals surface area contributed by atoms with E-state index in [1.54, 1.807) is 6.20 Å². The summed E-state index contributed by atoms with van der Waals surface area (Å²) in [6.07, 6.45) is 3.79. The Bertz CT molecular complexity index is 1230. The average Bonchev–Trinajstić information content (AvgIpc) is 3.56. The van der Waals surface area contributed by atoms with Crippen molar-refractivity contribution < 1.29 is 9.26 Å². The number of fused-ring (bicyclic) bond motifs is 1. The van der Waals surface area contributed by atoms with Gasteiger partial charge in [-0.25, -0.2) is 4.98 Å². The molecule has 1 fully saturated rings. The summed E-state index contributed by atoms with van der Waals surface area (Å²) in [5.74, 6) is 2.23. The molecule has 8 heteroatoms. The maximum atomic E-state index is 5.59. The third kappa shape index (κ3) is 4.35. The largest absolute Gasteiger partial charge is 0.382 e. The average molecular weight is 447 g/mol. The van der Waals surface area contributed by atoms with Crippen molar-refractivity contribution in [1.29, 1.82) is 0 Å². The highest BCUT2D eigenvalue weighted by Crippen LogP contribution is 2.32. The van der Waals surface area contributed by atoms with Crippen LogP contribution in [0.3, 0.4) is 0 Å². The van der Waals surface area contributed by atoms with Crippen LogP contribution < -0.4 is 4.90 Å². The zero-order valence-corrected chi connectivity index (χ0v) is 19.5. The van der Waals surface area contributed by atoms with E-state index in [4.69, 9.17) is 9.26 Å². The summed E-state index contributed by atoms with van der Waals surface area (Å²) in [5.41, 5.74) is 4.96. The van der Waals surface area contributed by atoms with Gasteiger partial charge < -0.3 is 14.2 Å². The number of rotatable bonds is 8. The summed E-state index contributed by atoms with van der Waals surface area (Å²) in [6.45, 7) is 10.2. The van der Waals surface area contributed by atoms with Crippen molar-refractivity contribution >= 4 is 17.0 Å². The molecule has 0 spiro atoms. The van der Waals surface area contributed by atoms with E-state index in [9.17, 15) is 0 Å². The normalized spacial score (nSPS) is 16.2. The molecule has 1 aromatic carbocycles. The van der Waals surface area contributed by atoms with Gasteiger partial charge in [-0.15, -0.1) is 10.2 Å². The van der Waals surface area contributed by atoms with E-state index in [2.05, 4.69) is 61.0 Å². The molecule has 1 aliphatic rings. The van der Waals surface area contributed by atoms with Crippen LogP contribution in [0.1, 0.15) is 42.5 Å². The predicted molar refractivity (Wildman–Crippen MR) is 127 cm³/mol. The summed E-state index contributed by atoms with van der Waals surface area (Å²) in [7, 11) is 0. The molecule has 1 saturated heterocycles. The van der Waals surface area contributed by atoms with Gasteiger partial charge in [0.05, 0.1) is 11.1 Å². The number of nitrogens with zero attached hydrogens (tertiary/aromatic N) is 6. The Morgan fingerprint density at radius 2 is 2.00 bits per heavy atom. The van der Waals surface area contributed by atoms with Crippen molar-refractivity contribution in [2.75, 3.05) is 31.2 Å². The number of aromatic nitrogens is 5. The second-order valence-electron chi connectivity index (χ2n) is 8.71. The number of anilines is 1. The van der Waals surface area contributed by atoms with Gasteiger partial charge in [0, 0.05) is 50.5 Å². The summed E-state index contributed by atoms with van der Waals surface area (Å²) in [6, 6.07) is 10.9. The van der Waals surface area contributed by atoms with Gasteiger partial charge in [-0.1, -0.05) is 35.0 Å². The van der Waals surface area contributed by atoms with E-state index >= 15 is 0 Å². The van der Waals surface area contributed by atoms with Crippen LogP contribution in [-0.4, -0.2) is 51.2 Å². The van der Waals surface area contributed by atoms with Gasteiger partial charge in [-0.05, 0) is 45.2 Å². The Morgan fingerprint density at radius 1 is 1.15 bits per heavy atom. The van der Waals surface area contributed by atoms with Gasteiger partial charge in [-0.2, -0.15) is 0 Å². The molecule has 0 bridgehead atoms. The Balaban J connectivity index is 1.44. The lowest BCUT2D eigenvalue weighted by atomic mass is 9.98. The minimum atomic E-state index is 0.500. The number of hydrogen-bond acceptors (Lipinski definition) is 7. The van der Waals surface area contributed by atoms with Crippen molar-refractivity contribution in [1.82, 2.24) is 24.9 Å². The van der Waals surface area contributed by atoms with Crippen LogP contribution in [0, 0.1) is 13.8 Å². The topological polar surface area (TPSA) is 82.1 Å². The predicted octanol–water partition coefficient (Wildman–Crippen LogP) is 4.52. The third-order valence-electron chi connectivity index (χ3n) is 6.39. The van der Waals surface area contributed by atoms with Crippen LogP contribution in [0.2, 0.25) is 0 Å². The van der Waals surface area contributed by atoms with E-state index < -0.39 is 0 Å². The lowest BCUT2D eigenvalue weighted by molar-refractivity contribution is 0.142. The van der Waals surface area contributed by atoms with Crippen molar-refractivity contribution in [2.24, 2.45) is 0 Å². The first-order valence-electron chi connectivity index (χ1n) is 11.7. The molecule has 1 unspecified atom stereocenters. The van der Waals surface area contributed by atoms with Crippen molar-refractivity contribution in [3.8, 4) is 11.4 Å². The smallest absolute Gasteiger partial charge is 0.257 e. The molecular formula is C25H30N6O2. The van der Waals surface area contributed by atoms with Crippen LogP contribution >= 0.6 is 0 Å². The molecule has 4 heterocycles. The lowest BCUT2D eigenvalue weighted by Crippen LogP contribution is -2.24. The highest BCUT2D eigenvalue weighted by atomic mass is 16.5. The number of aryl methyl sites for hydroxylation is 2. The van der Waals surface area contributed by atoms with Crippen molar-refractivity contribution in [2.45, 2.75) is 46.1 Å². The molecule has 5 rings (SSSR count). The fourth-order valence-electron chi connectivity index (χ4n) is 4.54. The summed E-state index contributed by atoms with van der Waals surface area (Å²) >= 11 is 0. The van der Waals surface area contributed by atoms with E-state index in [0.29, 0.717) is 18.2 Å². The third-order valence-corrected chi connectivity index (χ3v) is 6.39. The lowest BCUT2D eigenvalue weighted by Gasteiger charge is -2.19. The molecule has 33 heavy (non-hydrogen) atoms. The number of benzene rings is 1. The molecular weight excluding hydrogens is 416 g/mol. The van der Waals surface area contributed by atoms with Gasteiger partial charge in [0.25, 0.3) is 5.71 Å². The minimum absolute atomic E-state index is 0.500. The maximum absolute atomic E-state index is 5.59. The van der Waals surface area contributed by atoms with E-state index in [-0.39, 0.29) is 0 Å². The molecule has 0 N–H and O–H groups in total. The monoisotopic (exact) mass is 446 g/mol. The van der Waals surface area contributed by atoms with Crippen LogP contribution in [0.15, 0.2) is 41.1 Å². The highest BCUT2D eigenvalue weighted by molar-refractivity contribution is 5.80. The van der Waals surface area contributed by atoms with E-state index in [1.165, 1.54) is 11.1 Å². The first kappa shape index (κ1) is 21.6. The second-order valence-corrected chi connectivity index (χ2v) is 8.71. The molecule has 1 aliphatic heterocycles. The van der Waals surface area contributed by atoms with Gasteiger partial charge in [0.2, 0.25) is 5.95 Å². The fourth-order valence-corrected chi connectivity index (χ4v) is 4.54. The molecule has 8 nitrogen and oxygen atoms in total. The van der Waals surface area contributed by atoms with Crippen LogP contribution in [0.4, 0.5) is 5.95 Å². The Labute approximate surface area is 193 Å². The molecule has 172 valence electrons. The SMILES string of the molecule is CCOCCCn1c(-c2cnc3onc(C)c3c2)nnc1N1CCC(c2ccc(C)cc2)C1. The molecule has 0 aliphatic carbocycles. The number of ether oxygens (including phenoxy) is 1. The number of hydrogen-bond donors (Lipinski definition) is 0. The Morgan fingerprint density at radius 3 is 2.82 bits per heavy atom. The Hall–Kier alpha value is -3.26. The van der Waals surface area contributed by atoms with Crippen molar-refractivity contribution in [3.63, 3.8) is 0 Å². The van der Waals surface area contributed by atoms with Crippen LogP contribution in [0.5, 0.6) is 0 Å². The molecule has 0 saturated carbocycles. The first-order chi connectivity index (χ1) is 16.1. The molecule has 0 amide bonds.